The zero-order valence-corrected chi connectivity index (χ0v) is 10.4. The fourth-order valence-corrected chi connectivity index (χ4v) is 1.89. The van der Waals surface area contributed by atoms with Crippen LogP contribution in [0.15, 0.2) is 24.3 Å². The van der Waals surface area contributed by atoms with Gasteiger partial charge in [-0.25, -0.2) is 0 Å². The number of hydrogen-bond acceptors (Lipinski definition) is 4. The Morgan fingerprint density at radius 1 is 1.31 bits per heavy atom. The SMILES string of the molecule is C[C@H](OS(C)(=O)=O)C(=O)c1ccc(Cl)cc1. The number of ketones is 1. The summed E-state index contributed by atoms with van der Waals surface area (Å²) in [5.41, 5.74) is 0.362. The Balaban J connectivity index is 2.82. The van der Waals surface area contributed by atoms with Crippen molar-refractivity contribution in [1.82, 2.24) is 0 Å². The van der Waals surface area contributed by atoms with Crippen LogP contribution in [0.3, 0.4) is 0 Å². The van der Waals surface area contributed by atoms with Gasteiger partial charge in [0.2, 0.25) is 0 Å². The minimum atomic E-state index is -3.63. The first kappa shape index (κ1) is 13.2. The summed E-state index contributed by atoms with van der Waals surface area (Å²) in [4.78, 5) is 11.7. The fraction of sp³-hybridized carbons (Fsp3) is 0.300. The molecule has 1 aromatic rings. The standard InChI is InChI=1S/C10H11ClO4S/c1-7(15-16(2,13)14)10(12)8-3-5-9(11)6-4-8/h3-7H,1-2H3/t7-/m0/s1. The molecule has 0 amide bonds. The van der Waals surface area contributed by atoms with Crippen molar-refractivity contribution in [3.05, 3.63) is 34.9 Å². The van der Waals surface area contributed by atoms with Gasteiger partial charge in [0, 0.05) is 10.6 Å². The fourth-order valence-electron chi connectivity index (χ4n) is 1.15. The molecule has 1 atom stereocenters. The van der Waals surface area contributed by atoms with E-state index < -0.39 is 22.0 Å². The van der Waals surface area contributed by atoms with Gasteiger partial charge in [-0.3, -0.25) is 8.98 Å². The van der Waals surface area contributed by atoms with Gasteiger partial charge in [-0.15, -0.1) is 0 Å². The lowest BCUT2D eigenvalue weighted by Crippen LogP contribution is -2.23. The second-order valence-corrected chi connectivity index (χ2v) is 5.35. The average molecular weight is 263 g/mol. The molecule has 0 fully saturated rings. The van der Waals surface area contributed by atoms with Crippen molar-refractivity contribution < 1.29 is 17.4 Å². The van der Waals surface area contributed by atoms with E-state index in [2.05, 4.69) is 4.18 Å². The first-order valence-corrected chi connectivity index (χ1v) is 6.67. The first-order valence-electron chi connectivity index (χ1n) is 4.47. The number of rotatable bonds is 4. The molecule has 0 bridgehead atoms. The summed E-state index contributed by atoms with van der Waals surface area (Å²) in [5, 5.41) is 0.508. The average Bonchev–Trinajstić information content (AvgIpc) is 2.15. The Hall–Kier alpha value is -0.910. The van der Waals surface area contributed by atoms with Crippen molar-refractivity contribution in [2.75, 3.05) is 6.26 Å². The van der Waals surface area contributed by atoms with Crippen LogP contribution in [0.2, 0.25) is 5.02 Å². The molecule has 0 N–H and O–H groups in total. The Bertz CT molecular complexity index is 478. The van der Waals surface area contributed by atoms with Crippen molar-refractivity contribution in [3.8, 4) is 0 Å². The number of carbonyl (C=O) groups is 1. The predicted octanol–water partition coefficient (Wildman–Crippen LogP) is 1.89. The quantitative estimate of drug-likeness (QED) is 0.614. The smallest absolute Gasteiger partial charge is 0.265 e. The third kappa shape index (κ3) is 3.92. The Morgan fingerprint density at radius 3 is 2.25 bits per heavy atom. The molecule has 0 spiro atoms. The van der Waals surface area contributed by atoms with Gasteiger partial charge in [0.05, 0.1) is 6.26 Å². The van der Waals surface area contributed by atoms with Gasteiger partial charge in [0.25, 0.3) is 10.1 Å². The molecule has 0 radical (unpaired) electrons. The van der Waals surface area contributed by atoms with Crippen LogP contribution < -0.4 is 0 Å². The van der Waals surface area contributed by atoms with Crippen LogP contribution >= 0.6 is 11.6 Å². The van der Waals surface area contributed by atoms with E-state index in [0.29, 0.717) is 10.6 Å². The molecule has 0 aliphatic heterocycles. The molecule has 0 aliphatic carbocycles. The summed E-state index contributed by atoms with van der Waals surface area (Å²) in [5.74, 6) is -0.401. The van der Waals surface area contributed by atoms with E-state index >= 15 is 0 Å². The summed E-state index contributed by atoms with van der Waals surface area (Å²) in [7, 11) is -3.63. The maximum Gasteiger partial charge on any atom is 0.265 e. The van der Waals surface area contributed by atoms with Crippen molar-refractivity contribution in [2.45, 2.75) is 13.0 Å². The summed E-state index contributed by atoms with van der Waals surface area (Å²) in [6.45, 7) is 1.39. The summed E-state index contributed by atoms with van der Waals surface area (Å²) in [6, 6.07) is 6.16. The number of halogens is 1. The van der Waals surface area contributed by atoms with Crippen LogP contribution in [0, 0.1) is 0 Å². The molecule has 0 aliphatic rings. The first-order chi connectivity index (χ1) is 7.29. The van der Waals surface area contributed by atoms with E-state index in [0.717, 1.165) is 6.26 Å². The van der Waals surface area contributed by atoms with E-state index in [-0.39, 0.29) is 0 Å². The second-order valence-electron chi connectivity index (χ2n) is 3.31. The normalized spacial score (nSPS) is 13.4. The predicted molar refractivity (Wildman–Crippen MR) is 61.2 cm³/mol. The van der Waals surface area contributed by atoms with Crippen molar-refractivity contribution in [3.63, 3.8) is 0 Å². The van der Waals surface area contributed by atoms with Crippen LogP contribution in [0.1, 0.15) is 17.3 Å². The minimum absolute atomic E-state index is 0.362. The van der Waals surface area contributed by atoms with Gasteiger partial charge < -0.3 is 0 Å². The Morgan fingerprint density at radius 2 is 1.81 bits per heavy atom. The number of benzene rings is 1. The number of carbonyl (C=O) groups excluding carboxylic acids is 1. The molecule has 88 valence electrons. The van der Waals surface area contributed by atoms with E-state index in [4.69, 9.17) is 11.6 Å². The maximum atomic E-state index is 11.7. The lowest BCUT2D eigenvalue weighted by atomic mass is 10.1. The molecule has 16 heavy (non-hydrogen) atoms. The van der Waals surface area contributed by atoms with E-state index in [1.54, 1.807) is 12.1 Å². The highest BCUT2D eigenvalue weighted by molar-refractivity contribution is 7.86. The van der Waals surface area contributed by atoms with E-state index in [1.807, 2.05) is 0 Å². The zero-order chi connectivity index (χ0) is 12.3. The van der Waals surface area contributed by atoms with Crippen LogP contribution in [0.5, 0.6) is 0 Å². The molecule has 0 heterocycles. The maximum absolute atomic E-state index is 11.7. The van der Waals surface area contributed by atoms with Gasteiger partial charge >= 0.3 is 0 Å². The minimum Gasteiger partial charge on any atom is -0.291 e. The monoisotopic (exact) mass is 262 g/mol. The lowest BCUT2D eigenvalue weighted by molar-refractivity contribution is 0.0827. The van der Waals surface area contributed by atoms with Crippen LogP contribution in [-0.2, 0) is 14.3 Å². The molecule has 0 aromatic heterocycles. The van der Waals surface area contributed by atoms with Crippen molar-refractivity contribution in [2.24, 2.45) is 0 Å². The Kier molecular flexibility index (Phi) is 4.07. The largest absolute Gasteiger partial charge is 0.291 e. The van der Waals surface area contributed by atoms with E-state index in [1.165, 1.54) is 19.1 Å². The highest BCUT2D eigenvalue weighted by Gasteiger charge is 2.19. The summed E-state index contributed by atoms with van der Waals surface area (Å²) >= 11 is 5.66. The molecule has 1 aromatic carbocycles. The molecule has 6 heteroatoms. The molecule has 0 saturated carbocycles. The van der Waals surface area contributed by atoms with Gasteiger partial charge in [0.15, 0.2) is 5.78 Å². The van der Waals surface area contributed by atoms with Crippen molar-refractivity contribution >= 4 is 27.5 Å². The van der Waals surface area contributed by atoms with Crippen LogP contribution in [0.4, 0.5) is 0 Å². The van der Waals surface area contributed by atoms with Gasteiger partial charge in [-0.2, -0.15) is 8.42 Å². The zero-order valence-electron chi connectivity index (χ0n) is 8.81. The van der Waals surface area contributed by atoms with Gasteiger partial charge in [-0.05, 0) is 31.2 Å². The van der Waals surface area contributed by atoms with Gasteiger partial charge in [-0.1, -0.05) is 11.6 Å². The van der Waals surface area contributed by atoms with Crippen molar-refractivity contribution in [1.29, 1.82) is 0 Å². The molecule has 0 unspecified atom stereocenters. The molecule has 1 rings (SSSR count). The van der Waals surface area contributed by atoms with Crippen LogP contribution in [0.25, 0.3) is 0 Å². The highest BCUT2D eigenvalue weighted by Crippen LogP contribution is 2.12. The lowest BCUT2D eigenvalue weighted by Gasteiger charge is -2.09. The third-order valence-electron chi connectivity index (χ3n) is 1.82. The highest BCUT2D eigenvalue weighted by atomic mass is 35.5. The third-order valence-corrected chi connectivity index (χ3v) is 2.71. The molecule has 4 nitrogen and oxygen atoms in total. The molecular weight excluding hydrogens is 252 g/mol. The topological polar surface area (TPSA) is 60.4 Å². The van der Waals surface area contributed by atoms with Gasteiger partial charge in [0.1, 0.15) is 6.10 Å². The summed E-state index contributed by atoms with van der Waals surface area (Å²) in [6.07, 6.45) is -0.130. The summed E-state index contributed by atoms with van der Waals surface area (Å²) < 4.78 is 26.2. The second kappa shape index (κ2) is 4.95. The van der Waals surface area contributed by atoms with Crippen LogP contribution in [-0.4, -0.2) is 26.6 Å². The molecular formula is C10H11ClO4S. The number of Topliss-reactive ketones (excluding diaryl/α,β-unsaturated/α-hetero) is 1. The Labute approximate surface area is 99.3 Å². The number of hydrogen-bond donors (Lipinski definition) is 0. The van der Waals surface area contributed by atoms with E-state index in [9.17, 15) is 13.2 Å². The molecule has 0 saturated heterocycles.